The van der Waals surface area contributed by atoms with Gasteiger partial charge in [0, 0.05) is 13.0 Å². The van der Waals surface area contributed by atoms with Crippen LogP contribution in [-0.4, -0.2) is 26.7 Å². The first-order valence-electron chi connectivity index (χ1n) is 8.18. The lowest BCUT2D eigenvalue weighted by atomic mass is 10.1. The molecule has 1 aromatic carbocycles. The molecule has 4 nitrogen and oxygen atoms in total. The lowest BCUT2D eigenvalue weighted by Crippen LogP contribution is -2.25. The van der Waals surface area contributed by atoms with Gasteiger partial charge in [-0.3, -0.25) is 4.79 Å². The zero-order valence-corrected chi connectivity index (χ0v) is 14.1. The van der Waals surface area contributed by atoms with Crippen LogP contribution in [0.15, 0.2) is 18.2 Å². The lowest BCUT2D eigenvalue weighted by molar-refractivity contribution is -0.121. The van der Waals surface area contributed by atoms with E-state index < -0.39 is 0 Å². The van der Waals surface area contributed by atoms with Crippen molar-refractivity contribution in [3.63, 3.8) is 0 Å². The first-order chi connectivity index (χ1) is 10.7. The largest absolute Gasteiger partial charge is 0.493 e. The Labute approximate surface area is 134 Å². The summed E-state index contributed by atoms with van der Waals surface area (Å²) in [7, 11) is 3.25. The van der Waals surface area contributed by atoms with Gasteiger partial charge in [0.1, 0.15) is 0 Å². The molecule has 0 aliphatic heterocycles. The number of nitrogens with one attached hydrogen (secondary N) is 1. The number of carbonyl (C=O) groups excluding carboxylic acids is 1. The molecule has 0 saturated heterocycles. The summed E-state index contributed by atoms with van der Waals surface area (Å²) in [5, 5.41) is 2.98. The Balaban J connectivity index is 2.24. The highest BCUT2D eigenvalue weighted by Crippen LogP contribution is 2.27. The van der Waals surface area contributed by atoms with Crippen LogP contribution in [0, 0.1) is 0 Å². The van der Waals surface area contributed by atoms with Crippen molar-refractivity contribution in [1.82, 2.24) is 5.32 Å². The van der Waals surface area contributed by atoms with Crippen molar-refractivity contribution in [2.45, 2.75) is 51.9 Å². The fraction of sp³-hybridized carbons (Fsp3) is 0.611. The SMILES string of the molecule is CCCCCCCC(=O)NCCc1ccc(OC)c(OC)c1. The van der Waals surface area contributed by atoms with Crippen LogP contribution < -0.4 is 14.8 Å². The summed E-state index contributed by atoms with van der Waals surface area (Å²) in [6.07, 6.45) is 7.30. The Bertz CT molecular complexity index is 446. The third kappa shape index (κ3) is 6.83. The molecule has 0 fully saturated rings. The Kier molecular flexibility index (Phi) is 9.12. The van der Waals surface area contributed by atoms with Gasteiger partial charge in [0.2, 0.25) is 5.91 Å². The minimum atomic E-state index is 0.150. The van der Waals surface area contributed by atoms with E-state index in [0.29, 0.717) is 13.0 Å². The molecule has 22 heavy (non-hydrogen) atoms. The Morgan fingerprint density at radius 2 is 1.77 bits per heavy atom. The minimum absolute atomic E-state index is 0.150. The molecule has 1 amide bonds. The van der Waals surface area contributed by atoms with Crippen molar-refractivity contribution in [2.75, 3.05) is 20.8 Å². The van der Waals surface area contributed by atoms with Gasteiger partial charge in [0.15, 0.2) is 11.5 Å². The summed E-state index contributed by atoms with van der Waals surface area (Å²) in [5.41, 5.74) is 1.13. The number of carbonyl (C=O) groups is 1. The molecule has 0 saturated carbocycles. The fourth-order valence-corrected chi connectivity index (χ4v) is 2.36. The lowest BCUT2D eigenvalue weighted by Gasteiger charge is -2.10. The second-order valence-electron chi connectivity index (χ2n) is 5.45. The number of methoxy groups -OCH3 is 2. The van der Waals surface area contributed by atoms with Crippen LogP contribution in [-0.2, 0) is 11.2 Å². The molecular formula is C18H29NO3. The van der Waals surface area contributed by atoms with Crippen LogP contribution >= 0.6 is 0 Å². The van der Waals surface area contributed by atoms with E-state index in [1.54, 1.807) is 14.2 Å². The summed E-state index contributed by atoms with van der Waals surface area (Å²) in [6, 6.07) is 5.84. The second-order valence-corrected chi connectivity index (χ2v) is 5.45. The molecule has 0 heterocycles. The summed E-state index contributed by atoms with van der Waals surface area (Å²) in [6.45, 7) is 2.85. The van der Waals surface area contributed by atoms with Crippen LogP contribution in [0.5, 0.6) is 11.5 Å². The van der Waals surface area contributed by atoms with Crippen LogP contribution in [0.25, 0.3) is 0 Å². The standard InChI is InChI=1S/C18H29NO3/c1-4-5-6-7-8-9-18(20)19-13-12-15-10-11-16(21-2)17(14-15)22-3/h10-11,14H,4-9,12-13H2,1-3H3,(H,19,20). The number of ether oxygens (including phenoxy) is 2. The number of amides is 1. The van der Waals surface area contributed by atoms with E-state index in [1.807, 2.05) is 18.2 Å². The molecule has 0 aliphatic rings. The van der Waals surface area contributed by atoms with E-state index in [-0.39, 0.29) is 5.91 Å². The van der Waals surface area contributed by atoms with Gasteiger partial charge in [-0.05, 0) is 30.5 Å². The van der Waals surface area contributed by atoms with Crippen LogP contribution in [0.4, 0.5) is 0 Å². The van der Waals surface area contributed by atoms with Gasteiger partial charge < -0.3 is 14.8 Å². The number of unbranched alkanes of at least 4 members (excludes halogenated alkanes) is 4. The van der Waals surface area contributed by atoms with Gasteiger partial charge >= 0.3 is 0 Å². The highest BCUT2D eigenvalue weighted by atomic mass is 16.5. The van der Waals surface area contributed by atoms with Crippen molar-refractivity contribution in [3.8, 4) is 11.5 Å². The highest BCUT2D eigenvalue weighted by Gasteiger charge is 2.05. The molecule has 0 spiro atoms. The Morgan fingerprint density at radius 1 is 1.05 bits per heavy atom. The third-order valence-corrected chi connectivity index (χ3v) is 3.69. The van der Waals surface area contributed by atoms with Crippen molar-refractivity contribution < 1.29 is 14.3 Å². The van der Waals surface area contributed by atoms with E-state index in [1.165, 1.54) is 19.3 Å². The van der Waals surface area contributed by atoms with E-state index in [4.69, 9.17) is 9.47 Å². The number of benzene rings is 1. The van der Waals surface area contributed by atoms with Crippen molar-refractivity contribution in [1.29, 1.82) is 0 Å². The number of rotatable bonds is 11. The van der Waals surface area contributed by atoms with Gasteiger partial charge in [0.25, 0.3) is 0 Å². The van der Waals surface area contributed by atoms with Crippen molar-refractivity contribution in [3.05, 3.63) is 23.8 Å². The van der Waals surface area contributed by atoms with Gasteiger partial charge in [-0.25, -0.2) is 0 Å². The molecule has 0 bridgehead atoms. The predicted octanol–water partition coefficient (Wildman–Crippen LogP) is 3.72. The smallest absolute Gasteiger partial charge is 0.220 e. The van der Waals surface area contributed by atoms with Crippen molar-refractivity contribution in [2.24, 2.45) is 0 Å². The summed E-state index contributed by atoms with van der Waals surface area (Å²) < 4.78 is 10.5. The normalized spacial score (nSPS) is 10.3. The van der Waals surface area contributed by atoms with E-state index in [9.17, 15) is 4.79 Å². The summed E-state index contributed by atoms with van der Waals surface area (Å²) in [4.78, 5) is 11.7. The Hall–Kier alpha value is -1.71. The second kappa shape index (κ2) is 10.9. The monoisotopic (exact) mass is 307 g/mol. The third-order valence-electron chi connectivity index (χ3n) is 3.69. The molecule has 1 rings (SSSR count). The molecule has 0 aliphatic carbocycles. The quantitative estimate of drug-likeness (QED) is 0.634. The fourth-order valence-electron chi connectivity index (χ4n) is 2.36. The molecule has 0 atom stereocenters. The molecule has 1 N–H and O–H groups in total. The topological polar surface area (TPSA) is 47.6 Å². The zero-order valence-electron chi connectivity index (χ0n) is 14.1. The molecule has 0 radical (unpaired) electrons. The van der Waals surface area contributed by atoms with Gasteiger partial charge in [-0.15, -0.1) is 0 Å². The van der Waals surface area contributed by atoms with Gasteiger partial charge in [-0.2, -0.15) is 0 Å². The highest BCUT2D eigenvalue weighted by molar-refractivity contribution is 5.75. The van der Waals surface area contributed by atoms with Crippen LogP contribution in [0.3, 0.4) is 0 Å². The average Bonchev–Trinajstić information content (AvgIpc) is 2.54. The Morgan fingerprint density at radius 3 is 2.45 bits per heavy atom. The van der Waals surface area contributed by atoms with Crippen molar-refractivity contribution >= 4 is 5.91 Å². The number of hydrogen-bond donors (Lipinski definition) is 1. The van der Waals surface area contributed by atoms with Gasteiger partial charge in [-0.1, -0.05) is 38.7 Å². The summed E-state index contributed by atoms with van der Waals surface area (Å²) in [5.74, 6) is 1.60. The molecule has 1 aromatic rings. The number of hydrogen-bond acceptors (Lipinski definition) is 3. The molecule has 124 valence electrons. The van der Waals surface area contributed by atoms with Crippen LogP contribution in [0.1, 0.15) is 51.0 Å². The molecule has 0 unspecified atom stereocenters. The molecular weight excluding hydrogens is 278 g/mol. The van der Waals surface area contributed by atoms with Gasteiger partial charge in [0.05, 0.1) is 14.2 Å². The summed E-state index contributed by atoms with van der Waals surface area (Å²) >= 11 is 0. The maximum atomic E-state index is 11.7. The minimum Gasteiger partial charge on any atom is -0.493 e. The first kappa shape index (κ1) is 18.3. The first-order valence-corrected chi connectivity index (χ1v) is 8.18. The predicted molar refractivity (Wildman–Crippen MR) is 89.6 cm³/mol. The van der Waals surface area contributed by atoms with E-state index in [2.05, 4.69) is 12.2 Å². The molecule has 0 aromatic heterocycles. The maximum absolute atomic E-state index is 11.7. The molecule has 4 heteroatoms. The van der Waals surface area contributed by atoms with E-state index >= 15 is 0 Å². The zero-order chi connectivity index (χ0) is 16.2. The maximum Gasteiger partial charge on any atom is 0.220 e. The van der Waals surface area contributed by atoms with Crippen LogP contribution in [0.2, 0.25) is 0 Å². The van der Waals surface area contributed by atoms with E-state index in [0.717, 1.165) is 36.3 Å². The average molecular weight is 307 g/mol.